The van der Waals surface area contributed by atoms with E-state index in [9.17, 15) is 4.79 Å². The second-order valence-electron chi connectivity index (χ2n) is 6.59. The van der Waals surface area contributed by atoms with Gasteiger partial charge in [-0.15, -0.1) is 0 Å². The van der Waals surface area contributed by atoms with Crippen LogP contribution in [0.2, 0.25) is 0 Å². The maximum absolute atomic E-state index is 12.8. The Balaban J connectivity index is 1.88. The van der Waals surface area contributed by atoms with E-state index < -0.39 is 0 Å². The van der Waals surface area contributed by atoms with E-state index in [1.807, 2.05) is 67.7 Å². The minimum Gasteiger partial charge on any atom is -0.496 e. The first kappa shape index (κ1) is 17.7. The molecular weight excluding hydrogens is 354 g/mol. The van der Waals surface area contributed by atoms with Crippen molar-refractivity contribution in [3.8, 4) is 16.9 Å². The fraction of sp³-hybridized carbons (Fsp3) is 0.143. The highest BCUT2D eigenvalue weighted by molar-refractivity contribution is 5.93. The first-order valence-electron chi connectivity index (χ1n) is 8.85. The number of anilines is 3. The molecule has 0 unspecified atom stereocenters. The molecule has 3 aromatic heterocycles. The SMILES string of the molecule is COc1ccccc1-c1cc(Nc2ccnc3[nH]ccc23)c(N(C)C)[nH]c1=O. The van der Waals surface area contributed by atoms with E-state index in [1.165, 1.54) is 0 Å². The van der Waals surface area contributed by atoms with E-state index in [0.717, 1.165) is 28.0 Å². The maximum Gasteiger partial charge on any atom is 0.257 e. The second kappa shape index (κ2) is 7.11. The van der Waals surface area contributed by atoms with E-state index in [2.05, 4.69) is 20.3 Å². The number of hydrogen-bond donors (Lipinski definition) is 3. The molecule has 4 rings (SSSR count). The summed E-state index contributed by atoms with van der Waals surface area (Å²) in [6.07, 6.45) is 3.59. The van der Waals surface area contributed by atoms with Crippen LogP contribution in [0, 0.1) is 0 Å². The van der Waals surface area contributed by atoms with Gasteiger partial charge in [0.25, 0.3) is 5.56 Å². The summed E-state index contributed by atoms with van der Waals surface area (Å²) in [6, 6.07) is 13.2. The third kappa shape index (κ3) is 3.07. The molecule has 0 aliphatic carbocycles. The minimum atomic E-state index is -0.180. The van der Waals surface area contributed by atoms with Crippen LogP contribution in [-0.4, -0.2) is 36.2 Å². The van der Waals surface area contributed by atoms with E-state index in [4.69, 9.17) is 4.74 Å². The molecule has 142 valence electrons. The molecule has 7 heteroatoms. The summed E-state index contributed by atoms with van der Waals surface area (Å²) in [7, 11) is 5.37. The molecule has 4 aromatic rings. The minimum absolute atomic E-state index is 0.180. The van der Waals surface area contributed by atoms with Crippen molar-refractivity contribution < 1.29 is 4.74 Å². The average molecular weight is 375 g/mol. The molecule has 0 aliphatic heterocycles. The van der Waals surface area contributed by atoms with Gasteiger partial charge in [-0.1, -0.05) is 18.2 Å². The van der Waals surface area contributed by atoms with Crippen LogP contribution in [0.1, 0.15) is 0 Å². The van der Waals surface area contributed by atoms with Gasteiger partial charge in [-0.25, -0.2) is 4.98 Å². The molecule has 0 amide bonds. The number of nitrogens with one attached hydrogen (secondary N) is 3. The van der Waals surface area contributed by atoms with Crippen LogP contribution in [0.4, 0.5) is 17.2 Å². The lowest BCUT2D eigenvalue weighted by Crippen LogP contribution is -2.19. The van der Waals surface area contributed by atoms with Crippen LogP contribution in [0.25, 0.3) is 22.2 Å². The zero-order chi connectivity index (χ0) is 19.7. The van der Waals surface area contributed by atoms with E-state index in [-0.39, 0.29) is 5.56 Å². The largest absolute Gasteiger partial charge is 0.496 e. The standard InChI is InChI=1S/C21H21N5O2/c1-26(2)20-17(24-16-9-11-23-19-14(16)8-10-22-19)12-15(21(27)25-20)13-6-4-5-7-18(13)28-3/h4-12H,1-3H3,(H,25,27)(H2,22,23,24). The highest BCUT2D eigenvalue weighted by atomic mass is 16.5. The fourth-order valence-electron chi connectivity index (χ4n) is 3.25. The molecule has 0 saturated heterocycles. The molecule has 0 aliphatic rings. The third-order valence-electron chi connectivity index (χ3n) is 4.59. The maximum atomic E-state index is 12.8. The number of ether oxygens (including phenoxy) is 1. The molecule has 0 atom stereocenters. The molecule has 3 heterocycles. The number of methoxy groups -OCH3 is 1. The number of nitrogens with zero attached hydrogens (tertiary/aromatic N) is 2. The van der Waals surface area contributed by atoms with Gasteiger partial charge in [0.15, 0.2) is 0 Å². The summed E-state index contributed by atoms with van der Waals surface area (Å²) < 4.78 is 5.44. The van der Waals surface area contributed by atoms with Crippen molar-refractivity contribution >= 4 is 28.2 Å². The number of rotatable bonds is 5. The van der Waals surface area contributed by atoms with Gasteiger partial charge in [0.2, 0.25) is 0 Å². The van der Waals surface area contributed by atoms with Crippen molar-refractivity contribution in [2.75, 3.05) is 31.4 Å². The average Bonchev–Trinajstić information content (AvgIpc) is 3.18. The molecule has 0 radical (unpaired) electrons. The van der Waals surface area contributed by atoms with Crippen molar-refractivity contribution in [3.05, 3.63) is 65.2 Å². The van der Waals surface area contributed by atoms with E-state index >= 15 is 0 Å². The molecular formula is C21H21N5O2. The van der Waals surface area contributed by atoms with Gasteiger partial charge < -0.3 is 24.9 Å². The predicted octanol–water partition coefficient (Wildman–Crippen LogP) is 3.74. The number of aromatic nitrogens is 3. The Bertz CT molecular complexity index is 1190. The molecule has 1 aromatic carbocycles. The first-order valence-corrected chi connectivity index (χ1v) is 8.85. The molecule has 0 saturated carbocycles. The van der Waals surface area contributed by atoms with Gasteiger partial charge in [-0.3, -0.25) is 4.79 Å². The van der Waals surface area contributed by atoms with Crippen molar-refractivity contribution in [2.45, 2.75) is 0 Å². The highest BCUT2D eigenvalue weighted by Gasteiger charge is 2.16. The summed E-state index contributed by atoms with van der Waals surface area (Å²) in [5.74, 6) is 1.33. The Hall–Kier alpha value is -3.74. The Morgan fingerprint density at radius 2 is 1.89 bits per heavy atom. The van der Waals surface area contributed by atoms with Gasteiger partial charge in [0, 0.05) is 37.4 Å². The molecule has 28 heavy (non-hydrogen) atoms. The predicted molar refractivity (Wildman–Crippen MR) is 113 cm³/mol. The quantitative estimate of drug-likeness (QED) is 0.495. The lowest BCUT2D eigenvalue weighted by Gasteiger charge is -2.20. The van der Waals surface area contributed by atoms with Gasteiger partial charge in [-0.2, -0.15) is 0 Å². The van der Waals surface area contributed by atoms with E-state index in [1.54, 1.807) is 13.3 Å². The molecule has 0 fully saturated rings. The first-order chi connectivity index (χ1) is 13.6. The van der Waals surface area contributed by atoms with Crippen molar-refractivity contribution in [3.63, 3.8) is 0 Å². The number of hydrogen-bond acceptors (Lipinski definition) is 5. The lowest BCUT2D eigenvalue weighted by molar-refractivity contribution is 0.416. The monoisotopic (exact) mass is 375 g/mol. The van der Waals surface area contributed by atoms with E-state index in [0.29, 0.717) is 17.1 Å². The summed E-state index contributed by atoms with van der Waals surface area (Å²) in [5, 5.41) is 4.41. The smallest absolute Gasteiger partial charge is 0.257 e. The number of fused-ring (bicyclic) bond motifs is 1. The van der Waals surface area contributed by atoms with Crippen molar-refractivity contribution in [2.24, 2.45) is 0 Å². The normalized spacial score (nSPS) is 10.8. The number of H-pyrrole nitrogens is 2. The Kier molecular flexibility index (Phi) is 4.49. The van der Waals surface area contributed by atoms with Gasteiger partial charge in [0.1, 0.15) is 17.2 Å². The zero-order valence-corrected chi connectivity index (χ0v) is 15.9. The fourth-order valence-corrected chi connectivity index (χ4v) is 3.25. The number of pyridine rings is 2. The Labute approximate surface area is 162 Å². The molecule has 0 spiro atoms. The van der Waals surface area contributed by atoms with Crippen LogP contribution in [0.5, 0.6) is 5.75 Å². The number of aromatic amines is 2. The van der Waals surface area contributed by atoms with Gasteiger partial charge >= 0.3 is 0 Å². The molecule has 3 N–H and O–H groups in total. The van der Waals surface area contributed by atoms with Crippen molar-refractivity contribution in [1.29, 1.82) is 0 Å². The zero-order valence-electron chi connectivity index (χ0n) is 15.9. The van der Waals surface area contributed by atoms with Crippen LogP contribution in [0.3, 0.4) is 0 Å². The van der Waals surface area contributed by atoms with Gasteiger partial charge in [-0.05, 0) is 24.3 Å². The van der Waals surface area contributed by atoms with Crippen LogP contribution >= 0.6 is 0 Å². The highest BCUT2D eigenvalue weighted by Crippen LogP contribution is 2.33. The van der Waals surface area contributed by atoms with Gasteiger partial charge in [0.05, 0.1) is 24.0 Å². The summed E-state index contributed by atoms with van der Waals surface area (Å²) in [5.41, 5.74) is 3.56. The topological polar surface area (TPSA) is 86.0 Å². The Morgan fingerprint density at radius 3 is 2.68 bits per heavy atom. The third-order valence-corrected chi connectivity index (χ3v) is 4.59. The van der Waals surface area contributed by atoms with Crippen LogP contribution in [-0.2, 0) is 0 Å². The lowest BCUT2D eigenvalue weighted by atomic mass is 10.1. The second-order valence-corrected chi connectivity index (χ2v) is 6.59. The summed E-state index contributed by atoms with van der Waals surface area (Å²) in [4.78, 5) is 25.1. The summed E-state index contributed by atoms with van der Waals surface area (Å²) in [6.45, 7) is 0. The number of para-hydroxylation sites is 1. The van der Waals surface area contributed by atoms with Crippen LogP contribution < -0.4 is 20.5 Å². The Morgan fingerprint density at radius 1 is 1.07 bits per heavy atom. The molecule has 7 nitrogen and oxygen atoms in total. The number of benzene rings is 1. The van der Waals surface area contributed by atoms with Crippen LogP contribution in [0.15, 0.2) is 59.7 Å². The summed E-state index contributed by atoms with van der Waals surface area (Å²) >= 11 is 0. The molecule has 0 bridgehead atoms. The van der Waals surface area contributed by atoms with Crippen molar-refractivity contribution in [1.82, 2.24) is 15.0 Å².